The number of nitrogens with zero attached hydrogens (tertiary/aromatic N) is 1. The van der Waals surface area contributed by atoms with E-state index >= 15 is 0 Å². The largest absolute Gasteiger partial charge is 0.444 e. The lowest BCUT2D eigenvalue weighted by molar-refractivity contribution is 0.0297. The van der Waals surface area contributed by atoms with Crippen LogP contribution in [0.15, 0.2) is 0 Å². The molecular weight excluding hydrogens is 228 g/mol. The van der Waals surface area contributed by atoms with E-state index in [1.807, 2.05) is 20.8 Å². The lowest BCUT2D eigenvalue weighted by atomic mass is 10.2. The van der Waals surface area contributed by atoms with Crippen LogP contribution in [0.4, 0.5) is 4.79 Å². The first-order valence-electron chi connectivity index (χ1n) is 6.97. The van der Waals surface area contributed by atoms with E-state index in [0.717, 1.165) is 32.4 Å². The van der Waals surface area contributed by atoms with Gasteiger partial charge in [0, 0.05) is 19.6 Å². The molecular formula is C14H30N2O2. The molecule has 108 valence electrons. The molecule has 0 aliphatic rings. The van der Waals surface area contributed by atoms with Crippen molar-refractivity contribution in [1.29, 1.82) is 0 Å². The van der Waals surface area contributed by atoms with E-state index in [9.17, 15) is 4.79 Å². The van der Waals surface area contributed by atoms with Crippen molar-refractivity contribution in [3.05, 3.63) is 0 Å². The molecule has 0 spiro atoms. The van der Waals surface area contributed by atoms with Crippen molar-refractivity contribution < 1.29 is 9.53 Å². The topological polar surface area (TPSA) is 41.6 Å². The van der Waals surface area contributed by atoms with Crippen molar-refractivity contribution in [2.45, 2.75) is 65.5 Å². The van der Waals surface area contributed by atoms with Crippen LogP contribution in [0, 0.1) is 0 Å². The van der Waals surface area contributed by atoms with Gasteiger partial charge in [-0.25, -0.2) is 4.79 Å². The maximum atomic E-state index is 11.7. The normalized spacial score (nSPS) is 11.7. The van der Waals surface area contributed by atoms with Gasteiger partial charge >= 0.3 is 6.09 Å². The van der Waals surface area contributed by atoms with Crippen LogP contribution in [-0.4, -0.2) is 42.8 Å². The molecule has 0 fully saturated rings. The molecule has 0 aromatic carbocycles. The van der Waals surface area contributed by atoms with Crippen LogP contribution in [-0.2, 0) is 4.74 Å². The summed E-state index contributed by atoms with van der Waals surface area (Å²) >= 11 is 0. The van der Waals surface area contributed by atoms with E-state index in [1.165, 1.54) is 0 Å². The first-order valence-corrected chi connectivity index (χ1v) is 6.97. The van der Waals surface area contributed by atoms with Crippen molar-refractivity contribution >= 4 is 6.09 Å². The fourth-order valence-corrected chi connectivity index (χ4v) is 1.63. The van der Waals surface area contributed by atoms with E-state index in [0.29, 0.717) is 6.04 Å². The average molecular weight is 258 g/mol. The third kappa shape index (κ3) is 8.34. The van der Waals surface area contributed by atoms with Crippen LogP contribution in [0.25, 0.3) is 0 Å². The minimum absolute atomic E-state index is 0.245. The van der Waals surface area contributed by atoms with E-state index in [1.54, 1.807) is 11.9 Å². The predicted molar refractivity (Wildman–Crippen MR) is 75.9 cm³/mol. The molecule has 0 aromatic heterocycles. The summed E-state index contributed by atoms with van der Waals surface area (Å²) in [5.41, 5.74) is -0.418. The van der Waals surface area contributed by atoms with Crippen LogP contribution < -0.4 is 5.32 Å². The third-order valence-electron chi connectivity index (χ3n) is 2.79. The highest BCUT2D eigenvalue weighted by Gasteiger charge is 2.19. The number of amides is 1. The van der Waals surface area contributed by atoms with Gasteiger partial charge in [-0.3, -0.25) is 0 Å². The van der Waals surface area contributed by atoms with E-state index < -0.39 is 5.60 Å². The number of hydrogen-bond donors (Lipinski definition) is 1. The van der Waals surface area contributed by atoms with Gasteiger partial charge in [-0.1, -0.05) is 13.8 Å². The molecule has 0 saturated carbocycles. The Balaban J connectivity index is 3.76. The molecule has 0 aliphatic carbocycles. The molecule has 0 unspecified atom stereocenters. The van der Waals surface area contributed by atoms with Gasteiger partial charge in [0.25, 0.3) is 0 Å². The Kier molecular flexibility index (Phi) is 8.00. The molecule has 0 rings (SSSR count). The summed E-state index contributed by atoms with van der Waals surface area (Å²) in [7, 11) is 1.78. The number of nitrogens with one attached hydrogen (secondary N) is 1. The van der Waals surface area contributed by atoms with Crippen molar-refractivity contribution in [3.63, 3.8) is 0 Å². The highest BCUT2D eigenvalue weighted by molar-refractivity contribution is 5.67. The first-order chi connectivity index (χ1) is 8.30. The molecule has 18 heavy (non-hydrogen) atoms. The molecule has 0 heterocycles. The fraction of sp³-hybridized carbons (Fsp3) is 0.929. The van der Waals surface area contributed by atoms with E-state index in [4.69, 9.17) is 4.74 Å². The molecule has 0 radical (unpaired) electrons. The second kappa shape index (κ2) is 8.35. The van der Waals surface area contributed by atoms with Gasteiger partial charge < -0.3 is 15.0 Å². The van der Waals surface area contributed by atoms with E-state index in [2.05, 4.69) is 19.2 Å². The van der Waals surface area contributed by atoms with Crippen LogP contribution >= 0.6 is 0 Å². The lowest BCUT2D eigenvalue weighted by Crippen LogP contribution is -2.36. The van der Waals surface area contributed by atoms with Crippen molar-refractivity contribution in [3.8, 4) is 0 Å². The molecule has 0 bridgehead atoms. The van der Waals surface area contributed by atoms with Gasteiger partial charge in [-0.15, -0.1) is 0 Å². The van der Waals surface area contributed by atoms with Gasteiger partial charge in [-0.05, 0) is 46.6 Å². The number of rotatable bonds is 7. The van der Waals surface area contributed by atoms with Gasteiger partial charge in [0.15, 0.2) is 0 Å². The van der Waals surface area contributed by atoms with Crippen LogP contribution in [0.3, 0.4) is 0 Å². The Morgan fingerprint density at radius 2 is 1.83 bits per heavy atom. The monoisotopic (exact) mass is 258 g/mol. The number of carbonyl (C=O) groups excluding carboxylic acids is 1. The summed E-state index contributed by atoms with van der Waals surface area (Å²) in [6, 6.07) is 0.594. The number of ether oxygens (including phenoxy) is 1. The quantitative estimate of drug-likeness (QED) is 0.714. The zero-order valence-electron chi connectivity index (χ0n) is 12.9. The highest BCUT2D eigenvalue weighted by atomic mass is 16.6. The SMILES string of the molecule is CCC(CC)NCCCN(C)C(=O)OC(C)(C)C. The van der Waals surface area contributed by atoms with Crippen molar-refractivity contribution in [2.75, 3.05) is 20.1 Å². The van der Waals surface area contributed by atoms with Crippen LogP contribution in [0.2, 0.25) is 0 Å². The Morgan fingerprint density at radius 3 is 2.28 bits per heavy atom. The summed E-state index contributed by atoms with van der Waals surface area (Å²) < 4.78 is 5.29. The Bertz CT molecular complexity index is 232. The summed E-state index contributed by atoms with van der Waals surface area (Å²) in [5.74, 6) is 0. The molecule has 0 aliphatic heterocycles. The standard InChI is InChI=1S/C14H30N2O2/c1-7-12(8-2)15-10-9-11-16(6)13(17)18-14(3,4)5/h12,15H,7-11H2,1-6H3. The second-order valence-electron chi connectivity index (χ2n) is 5.72. The highest BCUT2D eigenvalue weighted by Crippen LogP contribution is 2.09. The molecule has 0 saturated heterocycles. The molecule has 4 heteroatoms. The van der Waals surface area contributed by atoms with Gasteiger partial charge in [0.1, 0.15) is 5.60 Å². The molecule has 1 N–H and O–H groups in total. The maximum absolute atomic E-state index is 11.7. The fourth-order valence-electron chi connectivity index (χ4n) is 1.63. The summed E-state index contributed by atoms with van der Waals surface area (Å²) in [6.45, 7) is 11.7. The molecule has 4 nitrogen and oxygen atoms in total. The number of carbonyl (C=O) groups is 1. The summed E-state index contributed by atoms with van der Waals surface area (Å²) in [5, 5.41) is 3.48. The van der Waals surface area contributed by atoms with Crippen molar-refractivity contribution in [1.82, 2.24) is 10.2 Å². The third-order valence-corrected chi connectivity index (χ3v) is 2.79. The van der Waals surface area contributed by atoms with Crippen LogP contribution in [0.5, 0.6) is 0 Å². The maximum Gasteiger partial charge on any atom is 0.410 e. The minimum atomic E-state index is -0.418. The van der Waals surface area contributed by atoms with Gasteiger partial charge in [-0.2, -0.15) is 0 Å². The first kappa shape index (κ1) is 17.2. The predicted octanol–water partition coefficient (Wildman–Crippen LogP) is 3.02. The number of hydrogen-bond acceptors (Lipinski definition) is 3. The van der Waals surface area contributed by atoms with Gasteiger partial charge in [0.2, 0.25) is 0 Å². The zero-order valence-corrected chi connectivity index (χ0v) is 12.9. The molecule has 0 aromatic rings. The van der Waals surface area contributed by atoms with Crippen molar-refractivity contribution in [2.24, 2.45) is 0 Å². The Morgan fingerprint density at radius 1 is 1.28 bits per heavy atom. The lowest BCUT2D eigenvalue weighted by Gasteiger charge is -2.25. The van der Waals surface area contributed by atoms with E-state index in [-0.39, 0.29) is 6.09 Å². The summed E-state index contributed by atoms with van der Waals surface area (Å²) in [6.07, 6.45) is 3.01. The Labute approximate surface area is 112 Å². The molecule has 1 amide bonds. The average Bonchev–Trinajstić information content (AvgIpc) is 2.26. The Hall–Kier alpha value is -0.770. The second-order valence-corrected chi connectivity index (χ2v) is 5.72. The smallest absolute Gasteiger partial charge is 0.410 e. The molecule has 0 atom stereocenters. The zero-order chi connectivity index (χ0) is 14.2. The minimum Gasteiger partial charge on any atom is -0.444 e. The van der Waals surface area contributed by atoms with Crippen LogP contribution in [0.1, 0.15) is 53.9 Å². The van der Waals surface area contributed by atoms with Gasteiger partial charge in [0.05, 0.1) is 0 Å². The summed E-state index contributed by atoms with van der Waals surface area (Å²) in [4.78, 5) is 13.3.